The summed E-state index contributed by atoms with van der Waals surface area (Å²) < 4.78 is 4.70. The number of hydrogen-bond acceptors (Lipinski definition) is 3. The molecule has 0 heterocycles. The normalized spacial score (nSPS) is 7.33. The molecule has 3 N–H and O–H groups in total. The third kappa shape index (κ3) is 37.6. The highest BCUT2D eigenvalue weighted by Gasteiger charge is 1.74. The Kier molecular flexibility index (Phi) is 19.5. The fraction of sp³-hybridized carbons (Fsp3) is 0.800. The number of carbonyl (C=O) groups is 1. The van der Waals surface area contributed by atoms with Gasteiger partial charge in [-0.1, -0.05) is 0 Å². The third-order valence-electron chi connectivity index (χ3n) is 0.553. The van der Waals surface area contributed by atoms with Gasteiger partial charge in [0.15, 0.2) is 0 Å². The summed E-state index contributed by atoms with van der Waals surface area (Å²) in [5, 5.41) is 6.89. The van der Waals surface area contributed by atoms with Gasteiger partial charge in [0.1, 0.15) is 0 Å². The molecule has 0 fully saturated rings. The molecule has 0 aromatic rings. The van der Waals surface area contributed by atoms with Crippen LogP contribution < -0.4 is 5.73 Å². The van der Waals surface area contributed by atoms with E-state index >= 15 is 0 Å². The average Bonchev–Trinajstić information content (AvgIpc) is 1.86. The molecule has 0 atom stereocenters. The molecule has 0 saturated heterocycles. The SMILES string of the molecule is COCCCN.O=CO. The molecule has 4 heteroatoms. The van der Waals surface area contributed by atoms with Crippen molar-refractivity contribution in [2.24, 2.45) is 5.73 Å². The van der Waals surface area contributed by atoms with E-state index in [1.54, 1.807) is 7.11 Å². The first-order valence-corrected chi connectivity index (χ1v) is 2.60. The third-order valence-corrected chi connectivity index (χ3v) is 0.553. The van der Waals surface area contributed by atoms with E-state index in [1.807, 2.05) is 0 Å². The summed E-state index contributed by atoms with van der Waals surface area (Å²) in [6.07, 6.45) is 0.969. The summed E-state index contributed by atoms with van der Waals surface area (Å²) in [5.41, 5.74) is 5.13. The van der Waals surface area contributed by atoms with E-state index in [4.69, 9.17) is 20.4 Å². The average molecular weight is 135 g/mol. The molecule has 0 rings (SSSR count). The fourth-order valence-electron chi connectivity index (χ4n) is 0.228. The van der Waals surface area contributed by atoms with Crippen molar-refractivity contribution in [3.63, 3.8) is 0 Å². The minimum absolute atomic E-state index is 0.250. The Morgan fingerprint density at radius 3 is 2.33 bits per heavy atom. The van der Waals surface area contributed by atoms with Crippen molar-refractivity contribution in [3.8, 4) is 0 Å². The molecule has 0 aromatic carbocycles. The van der Waals surface area contributed by atoms with Gasteiger partial charge in [0.25, 0.3) is 6.47 Å². The van der Waals surface area contributed by atoms with Crippen molar-refractivity contribution < 1.29 is 14.6 Å². The van der Waals surface area contributed by atoms with E-state index in [-0.39, 0.29) is 6.47 Å². The zero-order chi connectivity index (χ0) is 7.54. The molecule has 0 aliphatic rings. The van der Waals surface area contributed by atoms with Crippen LogP contribution in [0, 0.1) is 0 Å². The van der Waals surface area contributed by atoms with Gasteiger partial charge in [-0.2, -0.15) is 0 Å². The highest BCUT2D eigenvalue weighted by atomic mass is 16.5. The monoisotopic (exact) mass is 135 g/mol. The maximum atomic E-state index is 8.36. The Morgan fingerprint density at radius 2 is 2.22 bits per heavy atom. The maximum absolute atomic E-state index is 8.36. The first-order chi connectivity index (χ1) is 4.33. The van der Waals surface area contributed by atoms with Crippen LogP contribution in [0.2, 0.25) is 0 Å². The van der Waals surface area contributed by atoms with Crippen LogP contribution in [0.1, 0.15) is 6.42 Å². The lowest BCUT2D eigenvalue weighted by Gasteiger charge is -1.89. The van der Waals surface area contributed by atoms with E-state index in [9.17, 15) is 0 Å². The fourth-order valence-corrected chi connectivity index (χ4v) is 0.228. The van der Waals surface area contributed by atoms with Gasteiger partial charge in [-0.05, 0) is 13.0 Å². The first-order valence-electron chi connectivity index (χ1n) is 2.60. The molecule has 0 spiro atoms. The van der Waals surface area contributed by atoms with Gasteiger partial charge in [-0.25, -0.2) is 0 Å². The van der Waals surface area contributed by atoms with E-state index in [2.05, 4.69) is 0 Å². The van der Waals surface area contributed by atoms with Crippen LogP contribution in [0.4, 0.5) is 0 Å². The van der Waals surface area contributed by atoms with Crippen LogP contribution in [0.25, 0.3) is 0 Å². The molecule has 0 aromatic heterocycles. The molecule has 0 aliphatic carbocycles. The summed E-state index contributed by atoms with van der Waals surface area (Å²) in [4.78, 5) is 8.36. The zero-order valence-corrected chi connectivity index (χ0v) is 5.54. The second-order valence-corrected chi connectivity index (χ2v) is 1.24. The minimum atomic E-state index is -0.250. The minimum Gasteiger partial charge on any atom is -0.483 e. The molecule has 56 valence electrons. The Balaban J connectivity index is 0. The summed E-state index contributed by atoms with van der Waals surface area (Å²) in [5.74, 6) is 0. The Hall–Kier alpha value is -0.610. The molecular formula is C5H13NO3. The highest BCUT2D eigenvalue weighted by Crippen LogP contribution is 1.70. The highest BCUT2D eigenvalue weighted by molar-refractivity contribution is 5.32. The van der Waals surface area contributed by atoms with Crippen LogP contribution in [-0.4, -0.2) is 31.8 Å². The molecule has 0 amide bonds. The van der Waals surface area contributed by atoms with Crippen molar-refractivity contribution in [1.82, 2.24) is 0 Å². The van der Waals surface area contributed by atoms with Gasteiger partial charge in [-0.15, -0.1) is 0 Å². The molecule has 0 bridgehead atoms. The number of nitrogens with two attached hydrogens (primary N) is 1. The molecule has 0 saturated carbocycles. The van der Waals surface area contributed by atoms with Gasteiger partial charge in [0.05, 0.1) is 0 Å². The van der Waals surface area contributed by atoms with Crippen LogP contribution in [0.15, 0.2) is 0 Å². The van der Waals surface area contributed by atoms with Crippen LogP contribution in [0.5, 0.6) is 0 Å². The van der Waals surface area contributed by atoms with Gasteiger partial charge in [0.2, 0.25) is 0 Å². The number of ether oxygens (including phenoxy) is 1. The van der Waals surface area contributed by atoms with Gasteiger partial charge >= 0.3 is 0 Å². The van der Waals surface area contributed by atoms with Gasteiger partial charge in [0, 0.05) is 13.7 Å². The second kappa shape index (κ2) is 15.7. The number of hydrogen-bond donors (Lipinski definition) is 2. The number of carboxylic acid groups (broad SMARTS) is 1. The summed E-state index contributed by atoms with van der Waals surface area (Å²) in [6, 6.07) is 0. The smallest absolute Gasteiger partial charge is 0.290 e. The van der Waals surface area contributed by atoms with Gasteiger partial charge < -0.3 is 15.6 Å². The van der Waals surface area contributed by atoms with E-state index in [0.29, 0.717) is 0 Å². The van der Waals surface area contributed by atoms with Crippen LogP contribution >= 0.6 is 0 Å². The lowest BCUT2D eigenvalue weighted by atomic mass is 10.5. The molecule has 0 unspecified atom stereocenters. The first kappa shape index (κ1) is 11.2. The van der Waals surface area contributed by atoms with Crippen molar-refractivity contribution in [2.45, 2.75) is 6.42 Å². The van der Waals surface area contributed by atoms with Crippen molar-refractivity contribution >= 4 is 6.47 Å². The van der Waals surface area contributed by atoms with Crippen LogP contribution in [0.3, 0.4) is 0 Å². The number of rotatable bonds is 3. The van der Waals surface area contributed by atoms with Gasteiger partial charge in [-0.3, -0.25) is 4.79 Å². The van der Waals surface area contributed by atoms with E-state index < -0.39 is 0 Å². The zero-order valence-electron chi connectivity index (χ0n) is 5.54. The largest absolute Gasteiger partial charge is 0.483 e. The number of methoxy groups -OCH3 is 1. The second-order valence-electron chi connectivity index (χ2n) is 1.24. The Bertz CT molecular complexity index is 45.5. The lowest BCUT2D eigenvalue weighted by Crippen LogP contribution is -2.01. The summed E-state index contributed by atoms with van der Waals surface area (Å²) in [6.45, 7) is 1.27. The standard InChI is InChI=1S/C4H11NO.CH2O2/c1-6-4-2-3-5;2-1-3/h2-5H2,1H3;1H,(H,2,3). The van der Waals surface area contributed by atoms with E-state index in [1.165, 1.54) is 0 Å². The van der Waals surface area contributed by atoms with E-state index in [0.717, 1.165) is 19.6 Å². The lowest BCUT2D eigenvalue weighted by molar-refractivity contribution is -0.122. The molecular weight excluding hydrogens is 122 g/mol. The summed E-state index contributed by atoms with van der Waals surface area (Å²) >= 11 is 0. The predicted molar refractivity (Wildman–Crippen MR) is 34.2 cm³/mol. The summed E-state index contributed by atoms with van der Waals surface area (Å²) in [7, 11) is 1.68. The topological polar surface area (TPSA) is 72.5 Å². The quantitative estimate of drug-likeness (QED) is 0.411. The van der Waals surface area contributed by atoms with Crippen molar-refractivity contribution in [1.29, 1.82) is 0 Å². The molecule has 9 heavy (non-hydrogen) atoms. The molecule has 4 nitrogen and oxygen atoms in total. The van der Waals surface area contributed by atoms with Crippen molar-refractivity contribution in [2.75, 3.05) is 20.3 Å². The Labute approximate surface area is 54.6 Å². The molecule has 0 aliphatic heterocycles. The maximum Gasteiger partial charge on any atom is 0.290 e. The Morgan fingerprint density at radius 1 is 1.78 bits per heavy atom. The van der Waals surface area contributed by atoms with Crippen LogP contribution in [-0.2, 0) is 9.53 Å². The predicted octanol–water partition coefficient (Wildman–Crippen LogP) is -0.318. The molecule has 0 radical (unpaired) electrons. The van der Waals surface area contributed by atoms with Crippen molar-refractivity contribution in [3.05, 3.63) is 0 Å².